The fourth-order valence-corrected chi connectivity index (χ4v) is 3.77. The topological polar surface area (TPSA) is 114 Å². The van der Waals surface area contributed by atoms with Crippen LogP contribution in [0.5, 0.6) is 0 Å². The van der Waals surface area contributed by atoms with Gasteiger partial charge in [0.15, 0.2) is 5.76 Å². The molecule has 9 nitrogen and oxygen atoms in total. The van der Waals surface area contributed by atoms with Gasteiger partial charge in [0, 0.05) is 35.9 Å². The number of anilines is 1. The summed E-state index contributed by atoms with van der Waals surface area (Å²) in [5.41, 5.74) is 1.39. The second-order valence-corrected chi connectivity index (χ2v) is 8.38. The van der Waals surface area contributed by atoms with Gasteiger partial charge < -0.3 is 19.2 Å². The van der Waals surface area contributed by atoms with Crippen LogP contribution in [0.3, 0.4) is 0 Å². The van der Waals surface area contributed by atoms with E-state index in [9.17, 15) is 18.0 Å². The van der Waals surface area contributed by atoms with E-state index >= 15 is 0 Å². The van der Waals surface area contributed by atoms with Gasteiger partial charge in [-0.05, 0) is 57.3 Å². The van der Waals surface area contributed by atoms with Crippen LogP contribution in [-0.4, -0.2) is 49.8 Å². The minimum atomic E-state index is -3.76. The highest BCUT2D eigenvalue weighted by atomic mass is 32.2. The fourth-order valence-electron chi connectivity index (χ4n) is 3.12. The van der Waals surface area contributed by atoms with Crippen molar-refractivity contribution in [2.45, 2.75) is 25.5 Å². The number of benzene rings is 1. The van der Waals surface area contributed by atoms with Crippen molar-refractivity contribution < 1.29 is 22.4 Å². The monoisotopic (exact) mass is 432 g/mol. The summed E-state index contributed by atoms with van der Waals surface area (Å²) >= 11 is 0. The number of hydrogen-bond donors (Lipinski definition) is 2. The van der Waals surface area contributed by atoms with Crippen molar-refractivity contribution >= 4 is 38.4 Å². The van der Waals surface area contributed by atoms with Gasteiger partial charge in [0.05, 0.1) is 0 Å². The zero-order chi connectivity index (χ0) is 21.9. The first-order chi connectivity index (χ1) is 14.3. The molecule has 0 radical (unpaired) electrons. The Morgan fingerprint density at radius 1 is 1.10 bits per heavy atom. The average Bonchev–Trinajstić information content (AvgIpc) is 3.37. The Kier molecular flexibility index (Phi) is 6.28. The summed E-state index contributed by atoms with van der Waals surface area (Å²) in [5.74, 6) is -0.644. The van der Waals surface area contributed by atoms with E-state index in [1.807, 2.05) is 36.7 Å². The van der Waals surface area contributed by atoms with Crippen LogP contribution < -0.4 is 10.0 Å². The third-order valence-corrected chi connectivity index (χ3v) is 6.08. The van der Waals surface area contributed by atoms with Crippen LogP contribution >= 0.6 is 0 Å². The maximum atomic E-state index is 12.4. The molecule has 0 atom stereocenters. The van der Waals surface area contributed by atoms with Crippen molar-refractivity contribution in [1.29, 1.82) is 0 Å². The summed E-state index contributed by atoms with van der Waals surface area (Å²) in [4.78, 5) is 26.5. The zero-order valence-electron chi connectivity index (χ0n) is 17.0. The summed E-state index contributed by atoms with van der Waals surface area (Å²) in [7, 11) is -2.50. The van der Waals surface area contributed by atoms with Crippen LogP contribution in [0.1, 0.15) is 24.4 Å². The van der Waals surface area contributed by atoms with E-state index in [4.69, 9.17) is 4.42 Å². The quantitative estimate of drug-likeness (QED) is 0.567. The van der Waals surface area contributed by atoms with E-state index in [0.717, 1.165) is 10.9 Å². The predicted molar refractivity (Wildman–Crippen MR) is 113 cm³/mol. The molecule has 3 rings (SSSR count). The normalized spacial score (nSPS) is 11.6. The third-order valence-electron chi connectivity index (χ3n) is 4.79. The Morgan fingerprint density at radius 3 is 2.50 bits per heavy atom. The fraction of sp³-hybridized carbons (Fsp3) is 0.300. The first kappa shape index (κ1) is 21.6. The molecule has 0 fully saturated rings. The summed E-state index contributed by atoms with van der Waals surface area (Å²) in [5, 5.41) is 3.21. The summed E-state index contributed by atoms with van der Waals surface area (Å²) in [6.07, 6.45) is 1.83. The van der Waals surface area contributed by atoms with Gasteiger partial charge in [-0.15, -0.1) is 0 Å². The summed E-state index contributed by atoms with van der Waals surface area (Å²) < 4.78 is 32.6. The standard InChI is InChI=1S/C20H24N4O5S/c1-4-23(5-2)18(25)13-24-11-10-14-12-15(6-7-16(14)24)22-20(26)17-8-9-19(29-17)30(27,28)21-3/h6-12,21H,4-5,13H2,1-3H3,(H,22,26). The minimum absolute atomic E-state index is 0.0417. The number of aromatic nitrogens is 1. The van der Waals surface area contributed by atoms with Crippen molar-refractivity contribution in [1.82, 2.24) is 14.2 Å². The molecule has 0 spiro atoms. The van der Waals surface area contributed by atoms with Gasteiger partial charge in [0.25, 0.3) is 15.9 Å². The molecule has 2 amide bonds. The van der Waals surface area contributed by atoms with E-state index in [2.05, 4.69) is 10.0 Å². The lowest BCUT2D eigenvalue weighted by Gasteiger charge is -2.19. The van der Waals surface area contributed by atoms with E-state index < -0.39 is 15.9 Å². The Balaban J connectivity index is 1.75. The molecule has 0 bridgehead atoms. The van der Waals surface area contributed by atoms with Crippen molar-refractivity contribution in [3.63, 3.8) is 0 Å². The molecule has 10 heteroatoms. The maximum absolute atomic E-state index is 12.4. The second-order valence-electron chi connectivity index (χ2n) is 6.56. The second kappa shape index (κ2) is 8.72. The Labute approximate surface area is 174 Å². The van der Waals surface area contributed by atoms with Crippen LogP contribution in [0.4, 0.5) is 5.69 Å². The molecule has 2 heterocycles. The van der Waals surface area contributed by atoms with Gasteiger partial charge >= 0.3 is 0 Å². The molecular weight excluding hydrogens is 408 g/mol. The van der Waals surface area contributed by atoms with E-state index in [0.29, 0.717) is 18.8 Å². The SMILES string of the molecule is CCN(CC)C(=O)Cn1ccc2cc(NC(=O)c3ccc(S(=O)(=O)NC)o3)ccc21. The van der Waals surface area contributed by atoms with E-state index in [1.165, 1.54) is 19.2 Å². The lowest BCUT2D eigenvalue weighted by Crippen LogP contribution is -2.33. The number of fused-ring (bicyclic) bond motifs is 1. The zero-order valence-corrected chi connectivity index (χ0v) is 17.8. The number of nitrogens with zero attached hydrogens (tertiary/aromatic N) is 2. The first-order valence-corrected chi connectivity index (χ1v) is 11.0. The Morgan fingerprint density at radius 2 is 1.83 bits per heavy atom. The molecule has 0 saturated heterocycles. The first-order valence-electron chi connectivity index (χ1n) is 9.50. The van der Waals surface area contributed by atoms with Gasteiger partial charge in [-0.3, -0.25) is 9.59 Å². The highest BCUT2D eigenvalue weighted by Crippen LogP contribution is 2.22. The van der Waals surface area contributed by atoms with Gasteiger partial charge in [0.1, 0.15) is 6.54 Å². The molecule has 2 aromatic heterocycles. The smallest absolute Gasteiger partial charge is 0.291 e. The highest BCUT2D eigenvalue weighted by Gasteiger charge is 2.20. The Bertz CT molecular complexity index is 1170. The average molecular weight is 433 g/mol. The molecular formula is C20H24N4O5S. The molecule has 0 unspecified atom stereocenters. The van der Waals surface area contributed by atoms with Crippen molar-refractivity contribution in [2.75, 3.05) is 25.5 Å². The number of nitrogens with one attached hydrogen (secondary N) is 2. The minimum Gasteiger partial charge on any atom is -0.438 e. The number of rotatable bonds is 8. The van der Waals surface area contributed by atoms with Crippen LogP contribution in [0.25, 0.3) is 10.9 Å². The third kappa shape index (κ3) is 4.39. The number of furan rings is 1. The van der Waals surface area contributed by atoms with Crippen molar-refractivity contribution in [3.8, 4) is 0 Å². The molecule has 30 heavy (non-hydrogen) atoms. The number of carbonyl (C=O) groups is 2. The molecule has 3 aromatic rings. The molecule has 0 aliphatic carbocycles. The molecule has 1 aromatic carbocycles. The lowest BCUT2D eigenvalue weighted by molar-refractivity contribution is -0.131. The number of hydrogen-bond acceptors (Lipinski definition) is 5. The van der Waals surface area contributed by atoms with Gasteiger partial charge in [0.2, 0.25) is 11.0 Å². The molecule has 0 saturated carbocycles. The van der Waals surface area contributed by atoms with Crippen LogP contribution in [0.2, 0.25) is 0 Å². The maximum Gasteiger partial charge on any atom is 0.291 e. The van der Waals surface area contributed by atoms with Gasteiger partial charge in [-0.25, -0.2) is 13.1 Å². The number of sulfonamides is 1. The van der Waals surface area contributed by atoms with Crippen molar-refractivity contribution in [2.24, 2.45) is 0 Å². The number of carbonyl (C=O) groups excluding carboxylic acids is 2. The summed E-state index contributed by atoms with van der Waals surface area (Å²) in [6.45, 7) is 5.45. The van der Waals surface area contributed by atoms with Crippen LogP contribution in [0, 0.1) is 0 Å². The Hall–Kier alpha value is -3.11. The molecule has 160 valence electrons. The molecule has 0 aliphatic rings. The van der Waals surface area contributed by atoms with E-state index in [1.54, 1.807) is 17.0 Å². The van der Waals surface area contributed by atoms with Crippen LogP contribution in [0.15, 0.2) is 52.1 Å². The largest absolute Gasteiger partial charge is 0.438 e. The van der Waals surface area contributed by atoms with E-state index in [-0.39, 0.29) is 23.3 Å². The summed E-state index contributed by atoms with van der Waals surface area (Å²) in [6, 6.07) is 9.70. The van der Waals surface area contributed by atoms with Crippen molar-refractivity contribution in [3.05, 3.63) is 48.4 Å². The molecule has 2 N–H and O–H groups in total. The lowest BCUT2D eigenvalue weighted by atomic mass is 10.2. The van der Waals surface area contributed by atoms with Crippen LogP contribution in [-0.2, 0) is 21.4 Å². The predicted octanol–water partition coefficient (Wildman–Crippen LogP) is 2.26. The van der Waals surface area contributed by atoms with Gasteiger partial charge in [-0.2, -0.15) is 0 Å². The number of likely N-dealkylation sites (N-methyl/N-ethyl adjacent to an activating group) is 1. The van der Waals surface area contributed by atoms with Gasteiger partial charge in [-0.1, -0.05) is 0 Å². The number of amides is 2. The molecule has 0 aliphatic heterocycles. The highest BCUT2D eigenvalue weighted by molar-refractivity contribution is 7.89.